The van der Waals surface area contributed by atoms with Crippen molar-refractivity contribution in [1.82, 2.24) is 10.2 Å². The number of hydrogen-bond acceptors (Lipinski definition) is 5. The van der Waals surface area contributed by atoms with E-state index in [1.165, 1.54) is 16.9 Å². The van der Waals surface area contributed by atoms with Crippen LogP contribution in [0, 0.1) is 0 Å². The van der Waals surface area contributed by atoms with Crippen LogP contribution in [0.4, 0.5) is 5.13 Å². The highest BCUT2D eigenvalue weighted by Crippen LogP contribution is 2.24. The molecule has 0 spiro atoms. The first-order valence-corrected chi connectivity index (χ1v) is 9.33. The summed E-state index contributed by atoms with van der Waals surface area (Å²) in [7, 11) is 0. The molecule has 134 valence electrons. The minimum atomic E-state index is -0.618. The third-order valence-electron chi connectivity index (χ3n) is 3.97. The highest BCUT2D eigenvalue weighted by Gasteiger charge is 2.17. The molecule has 1 heterocycles. The normalized spacial score (nSPS) is 13.0. The minimum Gasteiger partial charge on any atom is -0.481 e. The second-order valence-electron chi connectivity index (χ2n) is 6.08. The lowest BCUT2D eigenvalue weighted by Crippen LogP contribution is -2.30. The number of nitrogens with one attached hydrogen (secondary N) is 1. The SMILES string of the molecule is C[C@H](Oc1ccccc1)C(=O)Nc1nnc(C[C@H](C)c2ccccc2)s1. The Kier molecular flexibility index (Phi) is 5.96. The van der Waals surface area contributed by atoms with E-state index >= 15 is 0 Å². The molecule has 0 saturated heterocycles. The lowest BCUT2D eigenvalue weighted by Gasteiger charge is -2.13. The maximum absolute atomic E-state index is 12.3. The number of anilines is 1. The van der Waals surface area contributed by atoms with E-state index < -0.39 is 6.10 Å². The molecule has 2 aromatic carbocycles. The molecule has 0 aliphatic carbocycles. The number of carbonyl (C=O) groups excluding carboxylic acids is 1. The molecule has 6 heteroatoms. The topological polar surface area (TPSA) is 64.1 Å². The third kappa shape index (κ3) is 4.89. The average molecular weight is 367 g/mol. The lowest BCUT2D eigenvalue weighted by atomic mass is 9.98. The van der Waals surface area contributed by atoms with Crippen molar-refractivity contribution >= 4 is 22.4 Å². The molecule has 2 atom stereocenters. The number of hydrogen-bond donors (Lipinski definition) is 1. The van der Waals surface area contributed by atoms with Gasteiger partial charge in [-0.2, -0.15) is 0 Å². The summed E-state index contributed by atoms with van der Waals surface area (Å²) in [6.07, 6.45) is 0.168. The molecule has 5 nitrogen and oxygen atoms in total. The Balaban J connectivity index is 1.55. The van der Waals surface area contributed by atoms with Crippen LogP contribution in [0.2, 0.25) is 0 Å². The predicted octanol–water partition coefficient (Wildman–Crippen LogP) is 4.29. The van der Waals surface area contributed by atoms with Gasteiger partial charge < -0.3 is 4.74 Å². The molecule has 3 aromatic rings. The van der Waals surface area contributed by atoms with Gasteiger partial charge in [0.05, 0.1) is 0 Å². The van der Waals surface area contributed by atoms with Crippen molar-refractivity contribution in [2.24, 2.45) is 0 Å². The maximum atomic E-state index is 12.3. The maximum Gasteiger partial charge on any atom is 0.266 e. The molecule has 0 saturated carbocycles. The Morgan fingerprint density at radius 1 is 1.04 bits per heavy atom. The second-order valence-corrected chi connectivity index (χ2v) is 7.14. The zero-order valence-corrected chi connectivity index (χ0v) is 15.6. The minimum absolute atomic E-state index is 0.243. The van der Waals surface area contributed by atoms with Crippen molar-refractivity contribution in [2.75, 3.05) is 5.32 Å². The number of aromatic nitrogens is 2. The van der Waals surface area contributed by atoms with E-state index in [-0.39, 0.29) is 5.91 Å². The fraction of sp³-hybridized carbons (Fsp3) is 0.250. The van der Waals surface area contributed by atoms with Gasteiger partial charge in [0.1, 0.15) is 10.8 Å². The average Bonchev–Trinajstić information content (AvgIpc) is 3.10. The van der Waals surface area contributed by atoms with Gasteiger partial charge in [0, 0.05) is 6.42 Å². The number of para-hydroxylation sites is 1. The second kappa shape index (κ2) is 8.58. The summed E-state index contributed by atoms with van der Waals surface area (Å²) in [5.74, 6) is 0.755. The van der Waals surface area contributed by atoms with Crippen LogP contribution in [-0.2, 0) is 11.2 Å². The quantitative estimate of drug-likeness (QED) is 0.676. The van der Waals surface area contributed by atoms with Crippen LogP contribution in [-0.4, -0.2) is 22.2 Å². The fourth-order valence-electron chi connectivity index (χ4n) is 2.51. The van der Waals surface area contributed by atoms with Crippen LogP contribution in [0.25, 0.3) is 0 Å². The predicted molar refractivity (Wildman–Crippen MR) is 104 cm³/mol. The summed E-state index contributed by atoms with van der Waals surface area (Å²) in [6, 6.07) is 19.6. The first kappa shape index (κ1) is 18.1. The van der Waals surface area contributed by atoms with E-state index in [0.717, 1.165) is 11.4 Å². The summed E-state index contributed by atoms with van der Waals surface area (Å²) in [5.41, 5.74) is 1.26. The Morgan fingerprint density at radius 3 is 2.38 bits per heavy atom. The molecule has 0 aliphatic heterocycles. The van der Waals surface area contributed by atoms with Crippen molar-refractivity contribution in [2.45, 2.75) is 32.3 Å². The number of benzene rings is 2. The van der Waals surface area contributed by atoms with Crippen molar-refractivity contribution in [1.29, 1.82) is 0 Å². The molecule has 0 aliphatic rings. The van der Waals surface area contributed by atoms with Crippen molar-refractivity contribution in [3.05, 3.63) is 71.2 Å². The summed E-state index contributed by atoms with van der Waals surface area (Å²) >= 11 is 1.40. The van der Waals surface area contributed by atoms with Crippen molar-refractivity contribution < 1.29 is 9.53 Å². The molecule has 1 N–H and O–H groups in total. The monoisotopic (exact) mass is 367 g/mol. The first-order chi connectivity index (χ1) is 12.6. The summed E-state index contributed by atoms with van der Waals surface area (Å²) in [6.45, 7) is 3.87. The van der Waals surface area contributed by atoms with Gasteiger partial charge in [-0.15, -0.1) is 10.2 Å². The van der Waals surface area contributed by atoms with Crippen molar-refractivity contribution in [3.8, 4) is 5.75 Å². The van der Waals surface area contributed by atoms with Crippen LogP contribution < -0.4 is 10.1 Å². The number of ether oxygens (including phenoxy) is 1. The van der Waals surface area contributed by atoms with E-state index in [4.69, 9.17) is 4.74 Å². The number of amides is 1. The third-order valence-corrected chi connectivity index (χ3v) is 4.83. The van der Waals surface area contributed by atoms with Crippen molar-refractivity contribution in [3.63, 3.8) is 0 Å². The van der Waals surface area contributed by atoms with Crippen LogP contribution in [0.15, 0.2) is 60.7 Å². The van der Waals surface area contributed by atoms with E-state index in [9.17, 15) is 4.79 Å². The molecule has 1 amide bonds. The van der Waals surface area contributed by atoms with Gasteiger partial charge in [-0.05, 0) is 30.5 Å². The van der Waals surface area contributed by atoms with Gasteiger partial charge in [0.15, 0.2) is 6.10 Å². The Bertz CT molecular complexity index is 837. The number of rotatable bonds is 7. The smallest absolute Gasteiger partial charge is 0.266 e. The fourth-order valence-corrected chi connectivity index (χ4v) is 3.38. The molecular weight excluding hydrogens is 346 g/mol. The first-order valence-electron chi connectivity index (χ1n) is 8.51. The summed E-state index contributed by atoms with van der Waals surface area (Å²) in [5, 5.41) is 12.4. The number of carbonyl (C=O) groups is 1. The standard InChI is InChI=1S/C20H21N3O2S/c1-14(16-9-5-3-6-10-16)13-18-22-23-20(26-18)21-19(24)15(2)25-17-11-7-4-8-12-17/h3-12,14-15H,13H2,1-2H3,(H,21,23,24)/t14-,15-/m0/s1. The Morgan fingerprint density at radius 2 is 1.69 bits per heavy atom. The van der Waals surface area contributed by atoms with Crippen LogP contribution in [0.5, 0.6) is 5.75 Å². The molecule has 0 radical (unpaired) electrons. The molecule has 1 aromatic heterocycles. The molecular formula is C20H21N3O2S. The largest absolute Gasteiger partial charge is 0.481 e. The van der Waals surface area contributed by atoms with Crippen LogP contribution in [0.3, 0.4) is 0 Å². The van der Waals surface area contributed by atoms with Gasteiger partial charge in [-0.1, -0.05) is 66.8 Å². The molecule has 0 unspecified atom stereocenters. The van der Waals surface area contributed by atoms with E-state index in [0.29, 0.717) is 16.8 Å². The van der Waals surface area contributed by atoms with E-state index in [2.05, 4.69) is 34.6 Å². The van der Waals surface area contributed by atoms with Gasteiger partial charge in [-0.25, -0.2) is 0 Å². The van der Waals surface area contributed by atoms with E-state index in [1.54, 1.807) is 6.92 Å². The molecule has 0 bridgehead atoms. The highest BCUT2D eigenvalue weighted by atomic mass is 32.1. The number of nitrogens with zero attached hydrogens (tertiary/aromatic N) is 2. The van der Waals surface area contributed by atoms with Gasteiger partial charge in [0.25, 0.3) is 5.91 Å². The molecule has 26 heavy (non-hydrogen) atoms. The summed E-state index contributed by atoms with van der Waals surface area (Å²) in [4.78, 5) is 12.3. The highest BCUT2D eigenvalue weighted by molar-refractivity contribution is 7.15. The van der Waals surface area contributed by atoms with Gasteiger partial charge in [-0.3, -0.25) is 10.1 Å². The molecule has 0 fully saturated rings. The Hall–Kier alpha value is -2.73. The Labute approximate surface area is 157 Å². The van der Waals surface area contributed by atoms with Crippen LogP contribution >= 0.6 is 11.3 Å². The summed E-state index contributed by atoms with van der Waals surface area (Å²) < 4.78 is 5.62. The molecule has 3 rings (SSSR count). The zero-order valence-electron chi connectivity index (χ0n) is 14.8. The van der Waals surface area contributed by atoms with E-state index in [1.807, 2.05) is 48.5 Å². The lowest BCUT2D eigenvalue weighted by molar-refractivity contribution is -0.122. The zero-order chi connectivity index (χ0) is 18.4. The van der Waals surface area contributed by atoms with Gasteiger partial charge in [0.2, 0.25) is 5.13 Å². The van der Waals surface area contributed by atoms with Gasteiger partial charge >= 0.3 is 0 Å². The van der Waals surface area contributed by atoms with Crippen LogP contribution in [0.1, 0.15) is 30.3 Å².